The van der Waals surface area contributed by atoms with Crippen LogP contribution in [0, 0.1) is 51.1 Å². The zero-order chi connectivity index (χ0) is 108. The first-order valence-corrected chi connectivity index (χ1v) is 51.5. The molecule has 39 heteroatoms. The van der Waals surface area contributed by atoms with Crippen molar-refractivity contribution in [1.82, 2.24) is 94.9 Å². The Morgan fingerprint density at radius 1 is 0.345 bits per heavy atom. The molecular weight excluding hydrogens is 1860 g/mol. The summed E-state index contributed by atoms with van der Waals surface area (Å²) < 4.78 is 1.71. The lowest BCUT2D eigenvalue weighted by atomic mass is 9.83. The SMILES string of the molecule is CCC[C@@H](C(=O)N[C@H](CN[C@@H](C)C(=O)N[C@H](C(=O)NCC)C(C)C)Cc1ccccc1)N(C)C(=O)[C@@H](NC(=O)c1cc[n+]([O-])cc1)C1CCCCC1.CCC[C@@H](C(=O)N[C@H](CN[C@@H](C)C(=O)N[C@H](C(=O)NCC)C(C)C)Cc1ccccc1)N(C)C(=O)[C@@H](NC(=O)c1cc[n+]([O-])cc1)[C@@H](C)CC.CCC[C@H](NC(=O)[C@H](C)NC(=O)c1cc[n+]([O-])cc1)C(=O)N[C@H](CN[C@@H](C)C(=O)N[C@H](C(=O)NCC)C(C)C)CC(C)C. The summed E-state index contributed by atoms with van der Waals surface area (Å²) in [5, 5.41) is 81.0. The second kappa shape index (κ2) is 65.6. The van der Waals surface area contributed by atoms with Crippen LogP contribution in [0.25, 0.3) is 0 Å². The fourth-order valence-corrected chi connectivity index (χ4v) is 16.5. The highest BCUT2D eigenvalue weighted by molar-refractivity contribution is 6.01. The molecule has 2 aromatic carbocycles. The fourth-order valence-electron chi connectivity index (χ4n) is 16.5. The molecule has 1 aliphatic carbocycles. The van der Waals surface area contributed by atoms with Crippen LogP contribution in [-0.2, 0) is 70.4 Å². The number of hydrogen-bond acceptors (Lipinski definition) is 21. The Balaban J connectivity index is 0.000000456. The number of benzene rings is 2. The summed E-state index contributed by atoms with van der Waals surface area (Å²) >= 11 is 0. The Hall–Kier alpha value is -12.8. The van der Waals surface area contributed by atoms with Crippen LogP contribution in [0.4, 0.5) is 0 Å². The van der Waals surface area contributed by atoms with E-state index >= 15 is 0 Å². The summed E-state index contributed by atoms with van der Waals surface area (Å²) in [4.78, 5) is 201. The van der Waals surface area contributed by atoms with Crippen LogP contribution in [0.2, 0.25) is 0 Å². The molecule has 0 saturated heterocycles. The van der Waals surface area contributed by atoms with Crippen LogP contribution in [0.3, 0.4) is 0 Å². The standard InChI is InChI=1S/C39H59N7O6.C37H57N7O6.C30H51N7O6/c1-7-15-32(45(6)39(51)34(29-18-13-10-14-19-29)44-36(48)30-20-22-46(52)23-21-30)37(49)42-31(24-28-16-11-9-12-17-28)25-41-27(5)35(47)43-33(26(3)4)38(50)40-8-2;1-9-15-30(43(8)37(49)32(25(6)10-2)42-34(46)28-18-20-44(50)21-19-28)35(47)40-29(22-27-16-13-12-14-17-27)23-39-26(7)33(45)41-31(24(4)5)36(48)38-11-3;1-9-11-24(35-27(39)21(8)33-28(40)22-12-14-37(43)15-13-22)29(41)34-23(16-18(3)4)17-32-20(7)26(38)36-25(19(5)6)30(42)31-10-2/h9,11-12,16-17,20-23,26-27,29,31-34,41H,7-8,10,13-15,18-19,24-25H2,1-6H3,(H,40,50)(H,42,49)(H,43,47)(H,44,48);12-14,16-21,24-26,29-32,39H,9-11,15,22-23H2,1-8H3,(H,38,48)(H,40,47)(H,41,45)(H,42,46);12-15,18-21,23-25,32H,9-11,16-17H2,1-8H3,(H,31,42)(H,33,40)(H,34,41)(H,35,39)(H,36,38)/t27-,31-,32-,33-,34-;25-,26-,29-,30-,31-,32-;20-,21-,23-,24-,25-/m000/s1. The largest absolute Gasteiger partial charge is 0.619 e. The number of nitrogens with zero attached hydrogens (tertiary/aromatic N) is 5. The van der Waals surface area contributed by atoms with Gasteiger partial charge in [-0.2, -0.15) is 14.2 Å². The molecule has 5 aromatic rings. The van der Waals surface area contributed by atoms with E-state index in [9.17, 15) is 87.5 Å². The minimum absolute atomic E-state index is 0.0860. The molecule has 16 atom stereocenters. The van der Waals surface area contributed by atoms with Gasteiger partial charge in [0.15, 0.2) is 37.2 Å². The number of amides is 15. The van der Waals surface area contributed by atoms with Gasteiger partial charge in [0, 0.05) is 108 Å². The predicted molar refractivity (Wildman–Crippen MR) is 556 cm³/mol. The zero-order valence-electron chi connectivity index (χ0n) is 89.3. The van der Waals surface area contributed by atoms with Gasteiger partial charge < -0.3 is 110 Å². The van der Waals surface area contributed by atoms with E-state index in [-0.39, 0.29) is 130 Å². The van der Waals surface area contributed by atoms with E-state index in [1.807, 2.05) is 171 Å². The molecule has 0 spiro atoms. The fraction of sp³-hybridized carbons (Fsp3) is 0.604. The van der Waals surface area contributed by atoms with Crippen LogP contribution in [-0.4, -0.2) is 242 Å². The summed E-state index contributed by atoms with van der Waals surface area (Å²) in [7, 11) is 3.19. The van der Waals surface area contributed by atoms with Gasteiger partial charge in [-0.05, 0) is 146 Å². The minimum atomic E-state index is -0.930. The lowest BCUT2D eigenvalue weighted by Crippen LogP contribution is -2.59. The maximum absolute atomic E-state index is 14.3. The molecule has 1 fully saturated rings. The first-order valence-electron chi connectivity index (χ1n) is 51.5. The van der Waals surface area contributed by atoms with Crippen molar-refractivity contribution in [2.24, 2.45) is 35.5 Å². The summed E-state index contributed by atoms with van der Waals surface area (Å²) in [5.74, 6) is -5.89. The van der Waals surface area contributed by atoms with E-state index in [4.69, 9.17) is 0 Å². The van der Waals surface area contributed by atoms with Crippen LogP contribution in [0.1, 0.15) is 264 Å². The van der Waals surface area contributed by atoms with Gasteiger partial charge in [0.05, 0.1) is 34.8 Å². The summed E-state index contributed by atoms with van der Waals surface area (Å²) in [5.41, 5.74) is 2.71. The summed E-state index contributed by atoms with van der Waals surface area (Å²) in [6.45, 7) is 39.0. The van der Waals surface area contributed by atoms with Gasteiger partial charge in [0.1, 0.15) is 54.4 Å². The van der Waals surface area contributed by atoms with E-state index in [1.165, 1.54) is 90.3 Å². The van der Waals surface area contributed by atoms with Gasteiger partial charge in [-0.25, -0.2) is 0 Å². The van der Waals surface area contributed by atoms with Crippen molar-refractivity contribution in [3.8, 4) is 0 Å². The van der Waals surface area contributed by atoms with Crippen molar-refractivity contribution >= 4 is 88.6 Å². The molecular formula is C106H167N21O18. The highest BCUT2D eigenvalue weighted by Crippen LogP contribution is 2.29. The Morgan fingerprint density at radius 2 is 0.676 bits per heavy atom. The van der Waals surface area contributed by atoms with E-state index in [1.54, 1.807) is 34.9 Å². The van der Waals surface area contributed by atoms with Crippen molar-refractivity contribution in [2.75, 3.05) is 53.4 Å². The molecule has 16 N–H and O–H groups in total. The molecule has 15 amide bonds. The molecule has 3 aromatic heterocycles. The molecule has 0 aliphatic heterocycles. The highest BCUT2D eigenvalue weighted by Gasteiger charge is 2.41. The molecule has 3 heterocycles. The first-order chi connectivity index (χ1) is 68.8. The van der Waals surface area contributed by atoms with E-state index < -0.39 is 114 Å². The molecule has 6 rings (SSSR count). The number of carbonyl (C=O) groups is 15. The summed E-state index contributed by atoms with van der Waals surface area (Å²) in [6.07, 6.45) is 17.0. The maximum atomic E-state index is 14.3. The zero-order valence-corrected chi connectivity index (χ0v) is 89.3. The maximum Gasteiger partial charge on any atom is 0.252 e. The molecule has 145 heavy (non-hydrogen) atoms. The molecule has 1 saturated carbocycles. The number of carbonyl (C=O) groups excluding carboxylic acids is 15. The lowest BCUT2D eigenvalue weighted by molar-refractivity contribution is -0.605. The Kier molecular flexibility index (Phi) is 56.3. The van der Waals surface area contributed by atoms with Crippen molar-refractivity contribution < 1.29 is 86.1 Å². The molecule has 804 valence electrons. The third-order valence-corrected chi connectivity index (χ3v) is 25.4. The number of likely N-dealkylation sites (N-methyl/N-ethyl adjacent to an activating group) is 5. The third kappa shape index (κ3) is 43.6. The molecule has 39 nitrogen and oxygen atoms in total. The van der Waals surface area contributed by atoms with Gasteiger partial charge in [-0.3, -0.25) is 71.9 Å². The Bertz CT molecular complexity index is 4840. The Morgan fingerprint density at radius 3 is 1.01 bits per heavy atom. The van der Waals surface area contributed by atoms with Crippen molar-refractivity contribution in [3.63, 3.8) is 0 Å². The van der Waals surface area contributed by atoms with Crippen LogP contribution in [0.5, 0.6) is 0 Å². The van der Waals surface area contributed by atoms with Gasteiger partial charge in [0.2, 0.25) is 70.9 Å². The van der Waals surface area contributed by atoms with Gasteiger partial charge in [-0.15, -0.1) is 0 Å². The monoisotopic (exact) mass is 2020 g/mol. The Labute approximate surface area is 857 Å². The van der Waals surface area contributed by atoms with E-state index in [0.29, 0.717) is 105 Å². The van der Waals surface area contributed by atoms with Gasteiger partial charge >= 0.3 is 0 Å². The van der Waals surface area contributed by atoms with Crippen LogP contribution >= 0.6 is 0 Å². The number of hydrogen-bond donors (Lipinski definition) is 16. The van der Waals surface area contributed by atoms with Gasteiger partial charge in [0.25, 0.3) is 17.7 Å². The highest BCUT2D eigenvalue weighted by atomic mass is 16.5. The second-order valence-corrected chi connectivity index (χ2v) is 39.0. The normalized spacial score (nSPS) is 15.2. The second-order valence-electron chi connectivity index (χ2n) is 39.0. The average Bonchev–Trinajstić information content (AvgIpc) is 0.819. The molecule has 1 aliphatic rings. The average molecular weight is 2020 g/mol. The minimum Gasteiger partial charge on any atom is -0.619 e. The summed E-state index contributed by atoms with van der Waals surface area (Å²) in [6, 6.07) is 17.3. The number of nitrogens with one attached hydrogen (secondary N) is 16. The molecule has 0 radical (unpaired) electrons. The van der Waals surface area contributed by atoms with Crippen molar-refractivity contribution in [1.29, 1.82) is 0 Å². The lowest BCUT2D eigenvalue weighted by Gasteiger charge is -2.36. The first kappa shape index (κ1) is 125. The molecule has 0 unspecified atom stereocenters. The molecule has 0 bridgehead atoms. The van der Waals surface area contributed by atoms with E-state index in [0.717, 1.165) is 43.2 Å². The third-order valence-electron chi connectivity index (χ3n) is 25.4. The number of rotatable bonds is 57. The van der Waals surface area contributed by atoms with E-state index in [2.05, 4.69) is 85.1 Å². The number of aromatic nitrogens is 3. The number of pyridine rings is 3. The predicted octanol–water partition coefficient (Wildman–Crippen LogP) is 5.19. The van der Waals surface area contributed by atoms with Crippen LogP contribution in [0.15, 0.2) is 134 Å². The quantitative estimate of drug-likeness (QED) is 0.0176. The van der Waals surface area contributed by atoms with Crippen molar-refractivity contribution in [3.05, 3.63) is 178 Å². The topological polar surface area (TPSA) is 536 Å². The van der Waals surface area contributed by atoms with Crippen molar-refractivity contribution in [2.45, 2.75) is 325 Å². The van der Waals surface area contributed by atoms with Crippen LogP contribution < -0.4 is 99.3 Å². The van der Waals surface area contributed by atoms with Gasteiger partial charge in [-0.1, -0.05) is 196 Å². The smallest absolute Gasteiger partial charge is 0.252 e.